The van der Waals surface area contributed by atoms with Crippen LogP contribution in [0.5, 0.6) is 0 Å². The van der Waals surface area contributed by atoms with E-state index < -0.39 is 0 Å². The monoisotopic (exact) mass is 154 g/mol. The van der Waals surface area contributed by atoms with Crippen LogP contribution in [0.15, 0.2) is 12.2 Å². The number of unbranched alkanes of at least 4 members (excludes halogenated alkanes) is 4. The lowest BCUT2D eigenvalue weighted by atomic mass is 10.1. The number of hydrogen-bond donors (Lipinski definition) is 0. The highest BCUT2D eigenvalue weighted by Gasteiger charge is 1.85. The molecular weight excluding hydrogens is 136 g/mol. The summed E-state index contributed by atoms with van der Waals surface area (Å²) in [7, 11) is 0. The van der Waals surface area contributed by atoms with E-state index in [0.29, 0.717) is 0 Å². The van der Waals surface area contributed by atoms with E-state index in [1.54, 1.807) is 13.0 Å². The van der Waals surface area contributed by atoms with Gasteiger partial charge in [-0.2, -0.15) is 0 Å². The summed E-state index contributed by atoms with van der Waals surface area (Å²) in [6.07, 6.45) is 9.78. The predicted molar refractivity (Wildman–Crippen MR) is 48.6 cm³/mol. The zero-order valence-corrected chi connectivity index (χ0v) is 7.60. The average molecular weight is 154 g/mol. The Bertz CT molecular complexity index is 125. The van der Waals surface area contributed by atoms with Gasteiger partial charge in [-0.1, -0.05) is 32.3 Å². The van der Waals surface area contributed by atoms with Crippen LogP contribution in [0.1, 0.15) is 46.0 Å². The molecule has 0 N–H and O–H groups in total. The quantitative estimate of drug-likeness (QED) is 0.424. The molecule has 0 fully saturated rings. The predicted octanol–water partition coefficient (Wildman–Crippen LogP) is 3.10. The van der Waals surface area contributed by atoms with Crippen LogP contribution in [0.25, 0.3) is 0 Å². The van der Waals surface area contributed by atoms with Crippen molar-refractivity contribution < 1.29 is 4.79 Å². The maximum atomic E-state index is 10.4. The molecule has 0 atom stereocenters. The van der Waals surface area contributed by atoms with Gasteiger partial charge in [0.15, 0.2) is 5.78 Å². The van der Waals surface area contributed by atoms with Crippen LogP contribution < -0.4 is 0 Å². The van der Waals surface area contributed by atoms with Crippen molar-refractivity contribution in [2.24, 2.45) is 0 Å². The summed E-state index contributed by atoms with van der Waals surface area (Å²) in [5.74, 6) is 0.153. The summed E-state index contributed by atoms with van der Waals surface area (Å²) in [5.41, 5.74) is 0. The maximum absolute atomic E-state index is 10.4. The highest BCUT2D eigenvalue weighted by atomic mass is 16.1. The van der Waals surface area contributed by atoms with Crippen molar-refractivity contribution in [2.75, 3.05) is 0 Å². The van der Waals surface area contributed by atoms with Gasteiger partial charge in [-0.15, -0.1) is 0 Å². The van der Waals surface area contributed by atoms with E-state index in [0.717, 1.165) is 6.42 Å². The van der Waals surface area contributed by atoms with Gasteiger partial charge < -0.3 is 0 Å². The van der Waals surface area contributed by atoms with Crippen molar-refractivity contribution in [3.8, 4) is 0 Å². The second-order valence-electron chi connectivity index (χ2n) is 2.86. The Morgan fingerprint density at radius 2 is 2.00 bits per heavy atom. The van der Waals surface area contributed by atoms with Crippen LogP contribution in [-0.2, 0) is 4.79 Å². The van der Waals surface area contributed by atoms with Gasteiger partial charge in [-0.3, -0.25) is 4.79 Å². The molecule has 0 aromatic rings. The highest BCUT2D eigenvalue weighted by molar-refractivity contribution is 5.87. The number of carbonyl (C=O) groups excluding carboxylic acids is 1. The van der Waals surface area contributed by atoms with Crippen molar-refractivity contribution >= 4 is 5.78 Å². The molecule has 1 heteroatoms. The van der Waals surface area contributed by atoms with Gasteiger partial charge in [-0.25, -0.2) is 0 Å². The van der Waals surface area contributed by atoms with Gasteiger partial charge in [0.2, 0.25) is 0 Å². The second kappa shape index (κ2) is 7.52. The van der Waals surface area contributed by atoms with Crippen molar-refractivity contribution in [3.63, 3.8) is 0 Å². The SMILES string of the molecule is CCCCCC/C=C\C(C)=O. The Morgan fingerprint density at radius 3 is 2.55 bits per heavy atom. The normalized spacial score (nSPS) is 10.7. The number of carbonyl (C=O) groups is 1. The van der Waals surface area contributed by atoms with Gasteiger partial charge in [-0.05, 0) is 25.8 Å². The van der Waals surface area contributed by atoms with Gasteiger partial charge in [0.25, 0.3) is 0 Å². The maximum Gasteiger partial charge on any atom is 0.152 e. The molecule has 0 heterocycles. The molecule has 0 aromatic carbocycles. The third kappa shape index (κ3) is 9.41. The van der Waals surface area contributed by atoms with Gasteiger partial charge >= 0.3 is 0 Å². The minimum Gasteiger partial charge on any atom is -0.295 e. The van der Waals surface area contributed by atoms with E-state index in [-0.39, 0.29) is 5.78 Å². The fourth-order valence-electron chi connectivity index (χ4n) is 0.938. The summed E-state index contributed by atoms with van der Waals surface area (Å²) < 4.78 is 0. The molecule has 0 saturated carbocycles. The second-order valence-corrected chi connectivity index (χ2v) is 2.86. The molecule has 0 bridgehead atoms. The lowest BCUT2D eigenvalue weighted by Crippen LogP contribution is -1.80. The van der Waals surface area contributed by atoms with Crippen molar-refractivity contribution in [1.82, 2.24) is 0 Å². The summed E-state index contributed by atoms with van der Waals surface area (Å²) >= 11 is 0. The minimum absolute atomic E-state index is 0.153. The van der Waals surface area contributed by atoms with Crippen LogP contribution in [0.2, 0.25) is 0 Å². The lowest BCUT2D eigenvalue weighted by molar-refractivity contribution is -0.112. The Hall–Kier alpha value is -0.590. The summed E-state index contributed by atoms with van der Waals surface area (Å²) in [5, 5.41) is 0. The third-order valence-corrected chi connectivity index (χ3v) is 1.58. The van der Waals surface area contributed by atoms with E-state index in [4.69, 9.17) is 0 Å². The molecule has 0 spiro atoms. The zero-order valence-electron chi connectivity index (χ0n) is 7.60. The molecule has 64 valence electrons. The molecule has 0 aliphatic carbocycles. The molecule has 0 aliphatic heterocycles. The fraction of sp³-hybridized carbons (Fsp3) is 0.700. The molecule has 0 rings (SSSR count). The standard InChI is InChI=1S/C10H18O/c1-3-4-5-6-7-8-9-10(2)11/h8-9H,3-7H2,1-2H3/b9-8-. The summed E-state index contributed by atoms with van der Waals surface area (Å²) in [6.45, 7) is 3.79. The number of hydrogen-bond acceptors (Lipinski definition) is 1. The number of allylic oxidation sites excluding steroid dienone is 2. The fourth-order valence-corrected chi connectivity index (χ4v) is 0.938. The molecular formula is C10H18O. The Kier molecular flexibility index (Phi) is 7.11. The van der Waals surface area contributed by atoms with Crippen molar-refractivity contribution in [3.05, 3.63) is 12.2 Å². The van der Waals surface area contributed by atoms with E-state index in [9.17, 15) is 4.79 Å². The summed E-state index contributed by atoms with van der Waals surface area (Å²) in [6, 6.07) is 0. The topological polar surface area (TPSA) is 17.1 Å². The zero-order chi connectivity index (χ0) is 8.53. The highest BCUT2D eigenvalue weighted by Crippen LogP contribution is 2.02. The third-order valence-electron chi connectivity index (χ3n) is 1.58. The van der Waals surface area contributed by atoms with E-state index in [1.165, 1.54) is 25.7 Å². The molecule has 11 heavy (non-hydrogen) atoms. The van der Waals surface area contributed by atoms with E-state index in [2.05, 4.69) is 6.92 Å². The number of ketones is 1. The molecule has 0 aliphatic rings. The van der Waals surface area contributed by atoms with Crippen molar-refractivity contribution in [2.45, 2.75) is 46.0 Å². The van der Waals surface area contributed by atoms with Gasteiger partial charge in [0.1, 0.15) is 0 Å². The van der Waals surface area contributed by atoms with Crippen LogP contribution >= 0.6 is 0 Å². The Balaban J connectivity index is 3.07. The van der Waals surface area contributed by atoms with Gasteiger partial charge in [0, 0.05) is 0 Å². The van der Waals surface area contributed by atoms with E-state index in [1.807, 2.05) is 6.08 Å². The van der Waals surface area contributed by atoms with E-state index >= 15 is 0 Å². The van der Waals surface area contributed by atoms with Crippen molar-refractivity contribution in [1.29, 1.82) is 0 Å². The Morgan fingerprint density at radius 1 is 1.27 bits per heavy atom. The molecule has 0 unspecified atom stereocenters. The smallest absolute Gasteiger partial charge is 0.152 e. The van der Waals surface area contributed by atoms with Crippen LogP contribution in [-0.4, -0.2) is 5.78 Å². The van der Waals surface area contributed by atoms with Crippen LogP contribution in [0, 0.1) is 0 Å². The molecule has 0 saturated heterocycles. The van der Waals surface area contributed by atoms with Crippen LogP contribution in [0.4, 0.5) is 0 Å². The first kappa shape index (κ1) is 10.4. The average Bonchev–Trinajstić information content (AvgIpc) is 1.96. The first-order chi connectivity index (χ1) is 5.27. The molecule has 1 nitrogen and oxygen atoms in total. The molecule has 0 aromatic heterocycles. The minimum atomic E-state index is 0.153. The first-order valence-corrected chi connectivity index (χ1v) is 4.44. The molecule has 0 amide bonds. The van der Waals surface area contributed by atoms with Crippen LogP contribution in [0.3, 0.4) is 0 Å². The molecule has 0 radical (unpaired) electrons. The summed E-state index contributed by atoms with van der Waals surface area (Å²) in [4.78, 5) is 10.4. The first-order valence-electron chi connectivity index (χ1n) is 4.44. The number of rotatable bonds is 6. The largest absolute Gasteiger partial charge is 0.295 e. The lowest BCUT2D eigenvalue weighted by Gasteiger charge is -1.92. The van der Waals surface area contributed by atoms with Gasteiger partial charge in [0.05, 0.1) is 0 Å². The Labute approximate surface area is 69.5 Å².